The van der Waals surface area contributed by atoms with E-state index in [1.165, 1.54) is 0 Å². The van der Waals surface area contributed by atoms with Gasteiger partial charge in [0.1, 0.15) is 0 Å². The Hall–Kier alpha value is -0.360. The molecule has 7 heteroatoms. The van der Waals surface area contributed by atoms with E-state index in [2.05, 4.69) is 4.98 Å². The molecule has 2 atom stereocenters. The summed E-state index contributed by atoms with van der Waals surface area (Å²) in [6.45, 7) is 3.99. The molecule has 0 radical (unpaired) electrons. The third-order valence-corrected chi connectivity index (χ3v) is 4.25. The number of hydrogen-bond donors (Lipinski definition) is 1. The second-order valence-electron chi connectivity index (χ2n) is 4.63. The van der Waals surface area contributed by atoms with Crippen LogP contribution in [0.3, 0.4) is 0 Å². The van der Waals surface area contributed by atoms with Crippen LogP contribution in [0.1, 0.15) is 30.7 Å². The van der Waals surface area contributed by atoms with Gasteiger partial charge in [0.15, 0.2) is 0 Å². The van der Waals surface area contributed by atoms with E-state index in [4.69, 9.17) is 5.73 Å². The van der Waals surface area contributed by atoms with Crippen molar-refractivity contribution in [2.45, 2.75) is 25.7 Å². The van der Waals surface area contributed by atoms with Gasteiger partial charge in [-0.25, -0.2) is 4.98 Å². The van der Waals surface area contributed by atoms with Crippen LogP contribution < -0.4 is 5.73 Å². The predicted octanol–water partition coefficient (Wildman–Crippen LogP) is 2.29. The average molecular weight is 326 g/mol. The highest BCUT2D eigenvalue weighted by Gasteiger charge is 2.27. The lowest BCUT2D eigenvalue weighted by atomic mass is 9.97. The third-order valence-electron chi connectivity index (χ3n) is 3.31. The van der Waals surface area contributed by atoms with E-state index < -0.39 is 0 Å². The molecule has 4 nitrogen and oxygen atoms in total. The fourth-order valence-corrected chi connectivity index (χ4v) is 3.00. The first kappa shape index (κ1) is 18.6. The molecule has 2 N–H and O–H groups in total. The first-order chi connectivity index (χ1) is 8.22. The number of carbonyl (C=O) groups is 1. The standard InChI is InChI=1S/C12H19N3OS.2ClH/c1-9(7-13)12(16)15-5-2-3-10(8-15)11-14-4-6-17-11;;/h4,6,9-10H,2-3,5,7-8,13H2,1H3;2*1H. The molecule has 0 saturated carbocycles. The number of nitrogens with two attached hydrogens (primary N) is 1. The predicted molar refractivity (Wildman–Crippen MR) is 83.4 cm³/mol. The zero-order valence-electron chi connectivity index (χ0n) is 10.9. The van der Waals surface area contributed by atoms with Gasteiger partial charge in [-0.3, -0.25) is 4.79 Å². The van der Waals surface area contributed by atoms with Crippen molar-refractivity contribution in [3.8, 4) is 0 Å². The summed E-state index contributed by atoms with van der Waals surface area (Å²) in [6.07, 6.45) is 4.03. The lowest BCUT2D eigenvalue weighted by molar-refractivity contribution is -0.135. The van der Waals surface area contributed by atoms with Crippen molar-refractivity contribution in [2.24, 2.45) is 11.7 Å². The van der Waals surface area contributed by atoms with E-state index in [0.717, 1.165) is 30.9 Å². The molecule has 2 rings (SSSR count). The van der Waals surface area contributed by atoms with Crippen LogP contribution in [0, 0.1) is 5.92 Å². The Labute approximate surface area is 130 Å². The summed E-state index contributed by atoms with van der Waals surface area (Å²) in [4.78, 5) is 18.4. The van der Waals surface area contributed by atoms with Crippen molar-refractivity contribution in [2.75, 3.05) is 19.6 Å². The highest BCUT2D eigenvalue weighted by atomic mass is 35.5. The molecule has 110 valence electrons. The Kier molecular flexibility index (Phi) is 8.57. The fourth-order valence-electron chi connectivity index (χ4n) is 2.23. The highest BCUT2D eigenvalue weighted by molar-refractivity contribution is 7.09. The molecule has 0 bridgehead atoms. The largest absolute Gasteiger partial charge is 0.342 e. The van der Waals surface area contributed by atoms with Crippen molar-refractivity contribution in [1.29, 1.82) is 0 Å². The number of amides is 1. The maximum atomic E-state index is 12.1. The molecule has 2 heterocycles. The van der Waals surface area contributed by atoms with E-state index in [-0.39, 0.29) is 36.6 Å². The van der Waals surface area contributed by atoms with Crippen LogP contribution in [0.5, 0.6) is 0 Å². The molecule has 0 aliphatic carbocycles. The molecule has 1 saturated heterocycles. The first-order valence-electron chi connectivity index (χ1n) is 6.10. The summed E-state index contributed by atoms with van der Waals surface area (Å²) < 4.78 is 0. The highest BCUT2D eigenvalue weighted by Crippen LogP contribution is 2.28. The molecule has 0 spiro atoms. The summed E-state index contributed by atoms with van der Waals surface area (Å²) in [6, 6.07) is 0. The number of nitrogens with zero attached hydrogens (tertiary/aromatic N) is 2. The van der Waals surface area contributed by atoms with Crippen LogP contribution in [0.4, 0.5) is 0 Å². The molecular weight excluding hydrogens is 305 g/mol. The van der Waals surface area contributed by atoms with E-state index in [1.54, 1.807) is 11.3 Å². The van der Waals surface area contributed by atoms with Gasteiger partial charge in [-0.2, -0.15) is 0 Å². The lowest BCUT2D eigenvalue weighted by Crippen LogP contribution is -2.43. The second kappa shape index (κ2) is 8.74. The molecule has 2 unspecified atom stereocenters. The maximum absolute atomic E-state index is 12.1. The topological polar surface area (TPSA) is 59.2 Å². The number of thiazole rings is 1. The van der Waals surface area contributed by atoms with Crippen LogP contribution >= 0.6 is 36.2 Å². The number of piperidine rings is 1. The Morgan fingerprint density at radius 2 is 2.37 bits per heavy atom. The van der Waals surface area contributed by atoms with Crippen LogP contribution in [-0.4, -0.2) is 35.4 Å². The maximum Gasteiger partial charge on any atom is 0.226 e. The van der Waals surface area contributed by atoms with Crippen molar-refractivity contribution in [3.63, 3.8) is 0 Å². The number of carbonyl (C=O) groups excluding carboxylic acids is 1. The van der Waals surface area contributed by atoms with Crippen molar-refractivity contribution in [3.05, 3.63) is 16.6 Å². The molecule has 1 aliphatic rings. The third kappa shape index (κ3) is 4.60. The van der Waals surface area contributed by atoms with Crippen LogP contribution in [0.25, 0.3) is 0 Å². The SMILES string of the molecule is CC(CN)C(=O)N1CCCC(c2nccs2)C1.Cl.Cl. The smallest absolute Gasteiger partial charge is 0.226 e. The molecule has 19 heavy (non-hydrogen) atoms. The number of likely N-dealkylation sites (tertiary alicyclic amines) is 1. The van der Waals surface area contributed by atoms with Crippen LogP contribution in [0.15, 0.2) is 11.6 Å². The van der Waals surface area contributed by atoms with Gasteiger partial charge in [0.25, 0.3) is 0 Å². The minimum absolute atomic E-state index is 0. The number of hydrogen-bond acceptors (Lipinski definition) is 4. The molecular formula is C12H21Cl2N3OS. The van der Waals surface area contributed by atoms with Gasteiger partial charge in [0.2, 0.25) is 5.91 Å². The number of halogens is 2. The summed E-state index contributed by atoms with van der Waals surface area (Å²) in [5.74, 6) is 0.538. The quantitative estimate of drug-likeness (QED) is 0.927. The Balaban J connectivity index is 0.00000162. The van der Waals surface area contributed by atoms with Crippen LogP contribution in [-0.2, 0) is 4.79 Å². The minimum Gasteiger partial charge on any atom is -0.342 e. The minimum atomic E-state index is -0.0648. The Bertz CT molecular complexity index is 375. The zero-order chi connectivity index (χ0) is 12.3. The van der Waals surface area contributed by atoms with E-state index in [0.29, 0.717) is 12.5 Å². The molecule has 1 aromatic rings. The summed E-state index contributed by atoms with van der Waals surface area (Å²) in [5, 5.41) is 3.15. The summed E-state index contributed by atoms with van der Waals surface area (Å²) in [7, 11) is 0. The van der Waals surface area contributed by atoms with Gasteiger partial charge in [0, 0.05) is 43.0 Å². The van der Waals surface area contributed by atoms with Gasteiger partial charge in [-0.15, -0.1) is 36.2 Å². The Morgan fingerprint density at radius 1 is 1.63 bits per heavy atom. The van der Waals surface area contributed by atoms with Crippen molar-refractivity contribution >= 4 is 42.1 Å². The van der Waals surface area contributed by atoms with Gasteiger partial charge < -0.3 is 10.6 Å². The summed E-state index contributed by atoms with van der Waals surface area (Å²) in [5.41, 5.74) is 5.55. The van der Waals surface area contributed by atoms with E-state index >= 15 is 0 Å². The molecule has 0 aromatic carbocycles. The fraction of sp³-hybridized carbons (Fsp3) is 0.667. The summed E-state index contributed by atoms with van der Waals surface area (Å²) >= 11 is 1.68. The second-order valence-corrected chi connectivity index (χ2v) is 5.56. The lowest BCUT2D eigenvalue weighted by Gasteiger charge is -2.33. The van der Waals surface area contributed by atoms with Gasteiger partial charge in [-0.05, 0) is 12.8 Å². The molecule has 1 fully saturated rings. The van der Waals surface area contributed by atoms with Crippen molar-refractivity contribution in [1.82, 2.24) is 9.88 Å². The molecule has 1 aromatic heterocycles. The monoisotopic (exact) mass is 325 g/mol. The molecule has 1 aliphatic heterocycles. The first-order valence-corrected chi connectivity index (χ1v) is 6.98. The van der Waals surface area contributed by atoms with Gasteiger partial charge in [-0.1, -0.05) is 6.92 Å². The van der Waals surface area contributed by atoms with Gasteiger partial charge in [0.05, 0.1) is 5.01 Å². The Morgan fingerprint density at radius 3 is 2.95 bits per heavy atom. The van der Waals surface area contributed by atoms with Crippen LogP contribution in [0.2, 0.25) is 0 Å². The normalized spacial score (nSPS) is 20.1. The zero-order valence-corrected chi connectivity index (χ0v) is 13.4. The average Bonchev–Trinajstić information content (AvgIpc) is 2.91. The van der Waals surface area contributed by atoms with E-state index in [9.17, 15) is 4.79 Å². The number of rotatable bonds is 3. The van der Waals surface area contributed by atoms with Gasteiger partial charge >= 0.3 is 0 Å². The molecule has 1 amide bonds. The number of aromatic nitrogens is 1. The van der Waals surface area contributed by atoms with E-state index in [1.807, 2.05) is 23.4 Å². The van der Waals surface area contributed by atoms with Crippen molar-refractivity contribution < 1.29 is 4.79 Å².